The van der Waals surface area contributed by atoms with Gasteiger partial charge in [-0.1, -0.05) is 27.7 Å². The summed E-state index contributed by atoms with van der Waals surface area (Å²) in [5, 5.41) is 3.48. The van der Waals surface area contributed by atoms with Crippen LogP contribution in [0.3, 0.4) is 0 Å². The van der Waals surface area contributed by atoms with Crippen LogP contribution in [0.1, 0.15) is 34.1 Å². The van der Waals surface area contributed by atoms with Crippen molar-refractivity contribution in [2.24, 2.45) is 11.8 Å². The molecule has 0 aromatic heterocycles. The Morgan fingerprint density at radius 2 is 1.93 bits per heavy atom. The molecule has 1 aliphatic rings. The molecule has 0 bridgehead atoms. The maximum Gasteiger partial charge on any atom is 0.199 e. The first-order valence-corrected chi connectivity index (χ1v) is 5.49. The molecule has 0 amide bonds. The van der Waals surface area contributed by atoms with Crippen LogP contribution in [0.15, 0.2) is 0 Å². The third kappa shape index (κ3) is 3.56. The monoisotopic (exact) mass is 201 g/mol. The highest BCUT2D eigenvalue weighted by Gasteiger charge is 2.40. The number of epoxide rings is 1. The SMILES string of the molecule is COC1OC1NC(CC(C)C)C(C)C. The van der Waals surface area contributed by atoms with Gasteiger partial charge in [0.05, 0.1) is 0 Å². The van der Waals surface area contributed by atoms with Gasteiger partial charge in [-0.2, -0.15) is 0 Å². The van der Waals surface area contributed by atoms with E-state index in [9.17, 15) is 0 Å². The number of hydrogen-bond acceptors (Lipinski definition) is 3. The van der Waals surface area contributed by atoms with Crippen LogP contribution in [-0.4, -0.2) is 25.7 Å². The summed E-state index contributed by atoms with van der Waals surface area (Å²) in [6.07, 6.45) is 1.28. The van der Waals surface area contributed by atoms with Crippen molar-refractivity contribution < 1.29 is 9.47 Å². The average molecular weight is 201 g/mol. The number of methoxy groups -OCH3 is 1. The molecule has 1 N–H and O–H groups in total. The molecule has 1 saturated heterocycles. The lowest BCUT2D eigenvalue weighted by molar-refractivity contribution is 0.0950. The summed E-state index contributed by atoms with van der Waals surface area (Å²) < 4.78 is 10.4. The van der Waals surface area contributed by atoms with Gasteiger partial charge in [-0.05, 0) is 18.3 Å². The number of nitrogens with one attached hydrogen (secondary N) is 1. The summed E-state index contributed by atoms with van der Waals surface area (Å²) >= 11 is 0. The molecule has 3 atom stereocenters. The molecule has 0 radical (unpaired) electrons. The second-order valence-electron chi connectivity index (χ2n) is 4.81. The molecule has 3 unspecified atom stereocenters. The molecule has 14 heavy (non-hydrogen) atoms. The normalized spacial score (nSPS) is 28.5. The summed E-state index contributed by atoms with van der Waals surface area (Å²) in [6, 6.07) is 0.528. The highest BCUT2D eigenvalue weighted by atomic mass is 16.8. The van der Waals surface area contributed by atoms with Crippen LogP contribution in [0, 0.1) is 11.8 Å². The van der Waals surface area contributed by atoms with Crippen molar-refractivity contribution in [3.8, 4) is 0 Å². The Morgan fingerprint density at radius 1 is 1.29 bits per heavy atom. The minimum Gasteiger partial charge on any atom is -0.352 e. The second kappa shape index (κ2) is 5.10. The molecule has 0 aliphatic carbocycles. The predicted molar refractivity (Wildman–Crippen MR) is 56.9 cm³/mol. The summed E-state index contributed by atoms with van der Waals surface area (Å²) in [7, 11) is 1.68. The zero-order valence-electron chi connectivity index (χ0n) is 9.91. The number of ether oxygens (including phenoxy) is 2. The lowest BCUT2D eigenvalue weighted by atomic mass is 9.94. The van der Waals surface area contributed by atoms with Gasteiger partial charge in [-0.25, -0.2) is 0 Å². The lowest BCUT2D eigenvalue weighted by Crippen LogP contribution is -2.38. The van der Waals surface area contributed by atoms with Crippen molar-refractivity contribution in [1.29, 1.82) is 0 Å². The van der Waals surface area contributed by atoms with E-state index < -0.39 is 0 Å². The fourth-order valence-corrected chi connectivity index (χ4v) is 1.65. The highest BCUT2D eigenvalue weighted by molar-refractivity contribution is 4.81. The quantitative estimate of drug-likeness (QED) is 0.667. The van der Waals surface area contributed by atoms with Crippen LogP contribution in [0.5, 0.6) is 0 Å². The third-order valence-corrected chi connectivity index (χ3v) is 2.59. The fraction of sp³-hybridized carbons (Fsp3) is 1.00. The summed E-state index contributed by atoms with van der Waals surface area (Å²) in [5.74, 6) is 1.36. The Morgan fingerprint density at radius 3 is 2.29 bits per heavy atom. The maximum atomic E-state index is 5.30. The molecule has 0 spiro atoms. The molecule has 1 rings (SSSR count). The molecule has 1 heterocycles. The van der Waals surface area contributed by atoms with E-state index >= 15 is 0 Å². The van der Waals surface area contributed by atoms with Gasteiger partial charge in [0.1, 0.15) is 0 Å². The first-order valence-electron chi connectivity index (χ1n) is 5.49. The third-order valence-electron chi connectivity index (χ3n) is 2.59. The van der Waals surface area contributed by atoms with E-state index in [0.717, 1.165) is 5.92 Å². The van der Waals surface area contributed by atoms with Crippen LogP contribution < -0.4 is 5.32 Å². The molecule has 1 fully saturated rings. The van der Waals surface area contributed by atoms with Gasteiger partial charge in [0.25, 0.3) is 0 Å². The van der Waals surface area contributed by atoms with Gasteiger partial charge in [0.15, 0.2) is 12.5 Å². The van der Waals surface area contributed by atoms with Crippen molar-refractivity contribution >= 4 is 0 Å². The Balaban J connectivity index is 2.29. The molecule has 84 valence electrons. The van der Waals surface area contributed by atoms with E-state index in [1.54, 1.807) is 7.11 Å². The Bertz CT molecular complexity index is 171. The van der Waals surface area contributed by atoms with Crippen LogP contribution >= 0.6 is 0 Å². The van der Waals surface area contributed by atoms with Crippen LogP contribution in [0.25, 0.3) is 0 Å². The zero-order chi connectivity index (χ0) is 10.7. The highest BCUT2D eigenvalue weighted by Crippen LogP contribution is 2.23. The summed E-state index contributed by atoms with van der Waals surface area (Å²) in [6.45, 7) is 8.98. The minimum absolute atomic E-state index is 0.0246. The molecule has 0 aromatic rings. The molecule has 0 saturated carbocycles. The fourth-order valence-electron chi connectivity index (χ4n) is 1.65. The topological polar surface area (TPSA) is 33.8 Å². The molecular weight excluding hydrogens is 178 g/mol. The van der Waals surface area contributed by atoms with E-state index in [4.69, 9.17) is 9.47 Å². The first kappa shape index (κ1) is 12.0. The number of hydrogen-bond donors (Lipinski definition) is 1. The van der Waals surface area contributed by atoms with Gasteiger partial charge >= 0.3 is 0 Å². The summed E-state index contributed by atoms with van der Waals surface area (Å²) in [4.78, 5) is 0. The van der Waals surface area contributed by atoms with Crippen molar-refractivity contribution in [1.82, 2.24) is 5.32 Å². The summed E-state index contributed by atoms with van der Waals surface area (Å²) in [5.41, 5.74) is 0. The second-order valence-corrected chi connectivity index (χ2v) is 4.81. The molecule has 0 aromatic carbocycles. The largest absolute Gasteiger partial charge is 0.352 e. The molecular formula is C11H23NO2. The van der Waals surface area contributed by atoms with E-state index in [1.165, 1.54) is 6.42 Å². The van der Waals surface area contributed by atoms with Crippen LogP contribution in [0.2, 0.25) is 0 Å². The number of rotatable bonds is 6. The Kier molecular flexibility index (Phi) is 4.35. The molecule has 1 aliphatic heterocycles. The van der Waals surface area contributed by atoms with Gasteiger partial charge in [0, 0.05) is 13.2 Å². The maximum absolute atomic E-state index is 5.30. The van der Waals surface area contributed by atoms with E-state index in [1.807, 2.05) is 0 Å². The Hall–Kier alpha value is -0.120. The van der Waals surface area contributed by atoms with Gasteiger partial charge in [-0.3, -0.25) is 5.32 Å². The average Bonchev–Trinajstić information content (AvgIpc) is 2.81. The van der Waals surface area contributed by atoms with Crippen molar-refractivity contribution in [3.63, 3.8) is 0 Å². The van der Waals surface area contributed by atoms with Crippen LogP contribution in [-0.2, 0) is 9.47 Å². The van der Waals surface area contributed by atoms with Gasteiger partial charge in [0.2, 0.25) is 0 Å². The molecule has 3 nitrogen and oxygen atoms in total. The van der Waals surface area contributed by atoms with E-state index in [-0.39, 0.29) is 12.5 Å². The first-order chi connectivity index (χ1) is 6.54. The van der Waals surface area contributed by atoms with Crippen molar-refractivity contribution in [2.45, 2.75) is 52.7 Å². The predicted octanol–water partition coefficient (Wildman–Crippen LogP) is 1.98. The van der Waals surface area contributed by atoms with Gasteiger partial charge in [-0.15, -0.1) is 0 Å². The van der Waals surface area contributed by atoms with E-state index in [0.29, 0.717) is 12.0 Å². The van der Waals surface area contributed by atoms with Crippen LogP contribution in [0.4, 0.5) is 0 Å². The Labute approximate surface area is 87.2 Å². The smallest absolute Gasteiger partial charge is 0.199 e. The van der Waals surface area contributed by atoms with Crippen molar-refractivity contribution in [2.75, 3.05) is 7.11 Å². The van der Waals surface area contributed by atoms with Gasteiger partial charge < -0.3 is 9.47 Å². The minimum atomic E-state index is -0.0246. The standard InChI is InChI=1S/C11H23NO2/c1-7(2)6-9(8(3)4)12-10-11(13-5)14-10/h7-12H,6H2,1-5H3. The van der Waals surface area contributed by atoms with Crippen molar-refractivity contribution in [3.05, 3.63) is 0 Å². The zero-order valence-corrected chi connectivity index (χ0v) is 9.91. The molecule has 3 heteroatoms. The lowest BCUT2D eigenvalue weighted by Gasteiger charge is -2.23. The van der Waals surface area contributed by atoms with E-state index in [2.05, 4.69) is 33.0 Å².